The predicted molar refractivity (Wildman–Crippen MR) is 64.5 cm³/mol. The van der Waals surface area contributed by atoms with Gasteiger partial charge in [-0.1, -0.05) is 11.6 Å². The molecule has 1 amide bonds. The second-order valence-electron chi connectivity index (χ2n) is 3.29. The molecule has 1 rings (SSSR count). The summed E-state index contributed by atoms with van der Waals surface area (Å²) < 4.78 is 0. The predicted octanol–water partition coefficient (Wildman–Crippen LogP) is 2.80. The van der Waals surface area contributed by atoms with Crippen molar-refractivity contribution < 1.29 is 4.79 Å². The van der Waals surface area contributed by atoms with E-state index in [4.69, 9.17) is 28.9 Å². The van der Waals surface area contributed by atoms with E-state index in [2.05, 4.69) is 5.32 Å². The summed E-state index contributed by atoms with van der Waals surface area (Å²) in [6.45, 7) is 3.43. The summed E-state index contributed by atoms with van der Waals surface area (Å²) in [5, 5.41) is 2.55. The van der Waals surface area contributed by atoms with Crippen LogP contribution in [0.2, 0.25) is 5.02 Å². The molecule has 3 nitrogen and oxygen atoms in total. The standard InChI is InChI=1S/C10H12Cl2N2O/c1-5-3-8(13)9(4-7(5)12)14-10(15)6(2)11/h3-4,6H,13H2,1-2H3,(H,14,15). The first-order valence-corrected chi connectivity index (χ1v) is 5.24. The van der Waals surface area contributed by atoms with Gasteiger partial charge >= 0.3 is 0 Å². The molecule has 1 atom stereocenters. The number of hydrogen-bond donors (Lipinski definition) is 2. The van der Waals surface area contributed by atoms with Gasteiger partial charge in [0.25, 0.3) is 0 Å². The zero-order valence-corrected chi connectivity index (χ0v) is 9.99. The van der Waals surface area contributed by atoms with Crippen molar-refractivity contribution in [1.82, 2.24) is 0 Å². The highest BCUT2D eigenvalue weighted by molar-refractivity contribution is 6.33. The van der Waals surface area contributed by atoms with Crippen molar-refractivity contribution in [2.45, 2.75) is 19.2 Å². The Morgan fingerprint density at radius 2 is 2.13 bits per heavy atom. The molecule has 3 N–H and O–H groups in total. The molecular weight excluding hydrogens is 235 g/mol. The van der Waals surface area contributed by atoms with Gasteiger partial charge < -0.3 is 11.1 Å². The molecule has 1 aromatic rings. The molecule has 0 fully saturated rings. The Morgan fingerprint density at radius 1 is 1.53 bits per heavy atom. The van der Waals surface area contributed by atoms with Crippen LogP contribution in [0.15, 0.2) is 12.1 Å². The Balaban J connectivity index is 2.96. The van der Waals surface area contributed by atoms with Crippen LogP contribution in [0, 0.1) is 6.92 Å². The van der Waals surface area contributed by atoms with Crippen molar-refractivity contribution in [3.63, 3.8) is 0 Å². The van der Waals surface area contributed by atoms with Crippen LogP contribution < -0.4 is 11.1 Å². The van der Waals surface area contributed by atoms with E-state index in [1.807, 2.05) is 6.92 Å². The SMILES string of the molecule is Cc1cc(N)c(NC(=O)C(C)Cl)cc1Cl. The Hall–Kier alpha value is -0.930. The maximum atomic E-state index is 11.3. The molecule has 0 aliphatic rings. The number of carbonyl (C=O) groups is 1. The normalized spacial score (nSPS) is 12.3. The Labute approximate surface area is 98.5 Å². The van der Waals surface area contributed by atoms with Crippen LogP contribution in [0.5, 0.6) is 0 Å². The van der Waals surface area contributed by atoms with Crippen LogP contribution in [0.25, 0.3) is 0 Å². The lowest BCUT2D eigenvalue weighted by Crippen LogP contribution is -2.21. The number of anilines is 2. The van der Waals surface area contributed by atoms with E-state index in [0.29, 0.717) is 16.4 Å². The minimum Gasteiger partial charge on any atom is -0.397 e. The largest absolute Gasteiger partial charge is 0.397 e. The van der Waals surface area contributed by atoms with Crippen LogP contribution >= 0.6 is 23.2 Å². The summed E-state index contributed by atoms with van der Waals surface area (Å²) in [6, 6.07) is 3.32. The van der Waals surface area contributed by atoms with Gasteiger partial charge in [0, 0.05) is 5.02 Å². The van der Waals surface area contributed by atoms with Crippen LogP contribution in [-0.2, 0) is 4.79 Å². The molecule has 82 valence electrons. The molecule has 0 aliphatic heterocycles. The van der Waals surface area contributed by atoms with Crippen molar-refractivity contribution in [2.75, 3.05) is 11.1 Å². The van der Waals surface area contributed by atoms with E-state index >= 15 is 0 Å². The Morgan fingerprint density at radius 3 is 2.67 bits per heavy atom. The second-order valence-corrected chi connectivity index (χ2v) is 4.36. The van der Waals surface area contributed by atoms with Crippen molar-refractivity contribution in [3.05, 3.63) is 22.7 Å². The number of amides is 1. The highest BCUT2D eigenvalue weighted by Gasteiger charge is 2.11. The van der Waals surface area contributed by atoms with Gasteiger partial charge in [0.2, 0.25) is 5.91 Å². The van der Waals surface area contributed by atoms with E-state index in [-0.39, 0.29) is 5.91 Å². The molecule has 1 unspecified atom stereocenters. The van der Waals surface area contributed by atoms with Crippen LogP contribution in [-0.4, -0.2) is 11.3 Å². The number of nitrogens with two attached hydrogens (primary N) is 1. The van der Waals surface area contributed by atoms with Gasteiger partial charge in [0.05, 0.1) is 11.4 Å². The van der Waals surface area contributed by atoms with Gasteiger partial charge in [0.1, 0.15) is 5.38 Å². The average Bonchev–Trinajstić information content (AvgIpc) is 2.13. The first-order valence-electron chi connectivity index (χ1n) is 4.42. The molecule has 1 aromatic carbocycles. The topological polar surface area (TPSA) is 55.1 Å². The average molecular weight is 247 g/mol. The first kappa shape index (κ1) is 12.1. The van der Waals surface area contributed by atoms with E-state index < -0.39 is 5.38 Å². The minimum absolute atomic E-state index is 0.303. The third-order valence-electron chi connectivity index (χ3n) is 1.95. The van der Waals surface area contributed by atoms with Crippen LogP contribution in [0.1, 0.15) is 12.5 Å². The number of nitrogen functional groups attached to an aromatic ring is 1. The van der Waals surface area contributed by atoms with Gasteiger partial charge in [0.15, 0.2) is 0 Å². The second kappa shape index (κ2) is 4.73. The molecule has 0 saturated carbocycles. The number of rotatable bonds is 2. The van der Waals surface area contributed by atoms with Gasteiger partial charge in [-0.15, -0.1) is 11.6 Å². The highest BCUT2D eigenvalue weighted by Crippen LogP contribution is 2.26. The molecular formula is C10H12Cl2N2O. The molecule has 0 aliphatic carbocycles. The molecule has 5 heteroatoms. The van der Waals surface area contributed by atoms with E-state index in [0.717, 1.165) is 5.56 Å². The Bertz CT molecular complexity index is 391. The first-order chi connectivity index (χ1) is 6.91. The van der Waals surface area contributed by atoms with Crippen molar-refractivity contribution in [1.29, 1.82) is 0 Å². The number of carbonyl (C=O) groups excluding carboxylic acids is 1. The van der Waals surface area contributed by atoms with Crippen molar-refractivity contribution >= 4 is 40.5 Å². The number of halogens is 2. The number of alkyl halides is 1. The molecule has 15 heavy (non-hydrogen) atoms. The van der Waals surface area contributed by atoms with Gasteiger partial charge in [-0.25, -0.2) is 0 Å². The molecule has 0 aromatic heterocycles. The lowest BCUT2D eigenvalue weighted by molar-refractivity contribution is -0.115. The zero-order chi connectivity index (χ0) is 11.6. The lowest BCUT2D eigenvalue weighted by atomic mass is 10.2. The number of aryl methyl sites for hydroxylation is 1. The smallest absolute Gasteiger partial charge is 0.242 e. The molecule has 0 radical (unpaired) electrons. The monoisotopic (exact) mass is 246 g/mol. The quantitative estimate of drug-likeness (QED) is 0.623. The number of hydrogen-bond acceptors (Lipinski definition) is 2. The van der Waals surface area contributed by atoms with Crippen molar-refractivity contribution in [3.8, 4) is 0 Å². The highest BCUT2D eigenvalue weighted by atomic mass is 35.5. The molecule has 0 heterocycles. The fraction of sp³-hybridized carbons (Fsp3) is 0.300. The third kappa shape index (κ3) is 3.01. The summed E-state index contributed by atoms with van der Waals surface area (Å²) >= 11 is 11.5. The van der Waals surface area contributed by atoms with Crippen molar-refractivity contribution in [2.24, 2.45) is 0 Å². The maximum absolute atomic E-state index is 11.3. The summed E-state index contributed by atoms with van der Waals surface area (Å²) in [5.41, 5.74) is 7.55. The fourth-order valence-corrected chi connectivity index (χ4v) is 1.26. The van der Waals surface area contributed by atoms with Gasteiger partial charge in [-0.3, -0.25) is 4.79 Å². The third-order valence-corrected chi connectivity index (χ3v) is 2.56. The van der Waals surface area contributed by atoms with Crippen LogP contribution in [0.4, 0.5) is 11.4 Å². The summed E-state index contributed by atoms with van der Waals surface area (Å²) in [4.78, 5) is 11.3. The van der Waals surface area contributed by atoms with E-state index in [1.165, 1.54) is 0 Å². The zero-order valence-electron chi connectivity index (χ0n) is 8.47. The van der Waals surface area contributed by atoms with Crippen LogP contribution in [0.3, 0.4) is 0 Å². The van der Waals surface area contributed by atoms with E-state index in [9.17, 15) is 4.79 Å². The fourth-order valence-electron chi connectivity index (χ4n) is 1.04. The summed E-state index contributed by atoms with van der Waals surface area (Å²) in [5.74, 6) is -0.303. The lowest BCUT2D eigenvalue weighted by Gasteiger charge is -2.10. The minimum atomic E-state index is -0.607. The Kier molecular flexibility index (Phi) is 3.83. The van der Waals surface area contributed by atoms with Gasteiger partial charge in [-0.05, 0) is 31.5 Å². The molecule has 0 bridgehead atoms. The van der Waals surface area contributed by atoms with Gasteiger partial charge in [-0.2, -0.15) is 0 Å². The molecule has 0 spiro atoms. The summed E-state index contributed by atoms with van der Waals surface area (Å²) in [6.07, 6.45) is 0. The number of benzene rings is 1. The number of nitrogens with one attached hydrogen (secondary N) is 1. The molecule has 0 saturated heterocycles. The van der Waals surface area contributed by atoms with E-state index in [1.54, 1.807) is 19.1 Å². The summed E-state index contributed by atoms with van der Waals surface area (Å²) in [7, 11) is 0. The maximum Gasteiger partial charge on any atom is 0.242 e.